The molecule has 7 N–H and O–H groups in total. The molecule has 0 unspecified atom stereocenters. The van der Waals surface area contributed by atoms with Crippen molar-refractivity contribution in [2.75, 3.05) is 0 Å². The van der Waals surface area contributed by atoms with Gasteiger partial charge in [-0.25, -0.2) is 0 Å². The van der Waals surface area contributed by atoms with E-state index in [-0.39, 0.29) is 17.9 Å². The fourth-order valence-electron chi connectivity index (χ4n) is 1.24. The zero-order valence-corrected chi connectivity index (χ0v) is 8.37. The third-order valence-electron chi connectivity index (χ3n) is 2.11. The molecule has 0 radical (unpaired) electrons. The van der Waals surface area contributed by atoms with Crippen LogP contribution in [0.1, 0.15) is 5.56 Å². The first-order valence-electron chi connectivity index (χ1n) is 4.44. The van der Waals surface area contributed by atoms with E-state index in [1.54, 1.807) is 0 Å². The maximum Gasteiger partial charge on any atom is 0.324 e. The number of carboxylic acid groups (broad SMARTS) is 1. The Bertz CT molecular complexity index is 394. The molecular weight excluding hydrogens is 214 g/mol. The molecule has 0 aliphatic rings. The Morgan fingerprint density at radius 1 is 1.31 bits per heavy atom. The number of phenolic OH excluding ortho intramolecular Hbond substituents is 2. The Balaban J connectivity index is 2.86. The summed E-state index contributed by atoms with van der Waals surface area (Å²) in [6.07, 6.45) is 0.0240. The highest BCUT2D eigenvalue weighted by Crippen LogP contribution is 2.25. The van der Waals surface area contributed by atoms with Crippen LogP contribution in [0.2, 0.25) is 0 Å². The van der Waals surface area contributed by atoms with E-state index >= 15 is 0 Å². The van der Waals surface area contributed by atoms with Crippen LogP contribution in [0.15, 0.2) is 18.2 Å². The van der Waals surface area contributed by atoms with Crippen LogP contribution in [0, 0.1) is 0 Å². The van der Waals surface area contributed by atoms with E-state index in [9.17, 15) is 9.90 Å². The largest absolute Gasteiger partial charge is 0.504 e. The first-order chi connectivity index (χ1) is 7.41. The van der Waals surface area contributed by atoms with Gasteiger partial charge in [-0.05, 0) is 17.7 Å². The average molecular weight is 227 g/mol. The number of benzene rings is 1. The summed E-state index contributed by atoms with van der Waals surface area (Å²) in [5, 5.41) is 27.7. The highest BCUT2D eigenvalue weighted by Gasteiger charge is 2.21. The van der Waals surface area contributed by atoms with Crippen molar-refractivity contribution in [3.63, 3.8) is 0 Å². The predicted molar refractivity (Wildman–Crippen MR) is 55.1 cm³/mol. The number of rotatable bonds is 4. The van der Waals surface area contributed by atoms with E-state index in [1.807, 2.05) is 0 Å². The van der Waals surface area contributed by atoms with Gasteiger partial charge in [0.15, 0.2) is 11.5 Å². The van der Waals surface area contributed by atoms with Gasteiger partial charge in [0.05, 0.1) is 0 Å². The van der Waals surface area contributed by atoms with Crippen molar-refractivity contribution in [1.29, 1.82) is 0 Å². The third-order valence-corrected chi connectivity index (χ3v) is 2.11. The van der Waals surface area contributed by atoms with Gasteiger partial charge in [0, 0.05) is 6.42 Å². The van der Waals surface area contributed by atoms with Crippen molar-refractivity contribution in [3.8, 4) is 11.5 Å². The molecule has 0 aliphatic heterocycles. The average Bonchev–Trinajstić information content (AvgIpc) is 2.18. The lowest BCUT2D eigenvalue weighted by Gasteiger charge is -2.18. The number of hydrazine groups is 2. The Labute approximate surface area is 91.5 Å². The number of nitrogens with two attached hydrogens (primary N) is 2. The van der Waals surface area contributed by atoms with E-state index in [0.29, 0.717) is 10.7 Å². The standard InChI is InChI=1S/C9H13N3O4/c10-12(11)6(9(15)16)3-5-1-2-7(13)8(14)4-5/h1-2,4,6,13-14H,3,10-11H2,(H,15,16)/t6-/m0/s1. The molecule has 0 bridgehead atoms. The molecule has 7 heteroatoms. The molecule has 1 atom stereocenters. The van der Waals surface area contributed by atoms with E-state index in [2.05, 4.69) is 0 Å². The molecule has 1 rings (SSSR count). The number of nitrogens with zero attached hydrogens (tertiary/aromatic N) is 1. The SMILES string of the molecule is NN(N)[C@@H](Cc1ccc(O)c(O)c1)C(=O)O. The van der Waals surface area contributed by atoms with Crippen LogP contribution in [-0.4, -0.2) is 32.4 Å². The number of carbonyl (C=O) groups is 1. The summed E-state index contributed by atoms with van der Waals surface area (Å²) in [4.78, 5) is 10.8. The summed E-state index contributed by atoms with van der Waals surface area (Å²) in [5.74, 6) is 8.59. The predicted octanol–water partition coefficient (Wildman–Crippen LogP) is -0.857. The molecule has 0 heterocycles. The lowest BCUT2D eigenvalue weighted by molar-refractivity contribution is -0.143. The maximum absolute atomic E-state index is 10.8. The minimum atomic E-state index is -1.17. The van der Waals surface area contributed by atoms with Crippen LogP contribution in [0.25, 0.3) is 0 Å². The molecule has 1 aromatic carbocycles. The van der Waals surface area contributed by atoms with E-state index in [4.69, 9.17) is 21.9 Å². The van der Waals surface area contributed by atoms with E-state index < -0.39 is 12.0 Å². The molecule has 0 aliphatic carbocycles. The third kappa shape index (κ3) is 2.83. The Morgan fingerprint density at radius 3 is 2.38 bits per heavy atom. The molecule has 7 nitrogen and oxygen atoms in total. The van der Waals surface area contributed by atoms with Gasteiger partial charge in [-0.2, -0.15) is 5.12 Å². The molecule has 0 aromatic heterocycles. The van der Waals surface area contributed by atoms with Gasteiger partial charge in [-0.1, -0.05) is 6.07 Å². The monoisotopic (exact) mass is 227 g/mol. The molecule has 0 saturated carbocycles. The second-order valence-corrected chi connectivity index (χ2v) is 3.33. The van der Waals surface area contributed by atoms with Crippen LogP contribution < -0.4 is 11.7 Å². The van der Waals surface area contributed by atoms with E-state index in [0.717, 1.165) is 0 Å². The van der Waals surface area contributed by atoms with Gasteiger partial charge >= 0.3 is 5.97 Å². The highest BCUT2D eigenvalue weighted by atomic mass is 16.4. The summed E-state index contributed by atoms with van der Waals surface area (Å²) in [6.45, 7) is 0. The Kier molecular flexibility index (Phi) is 3.67. The van der Waals surface area contributed by atoms with Crippen LogP contribution in [-0.2, 0) is 11.2 Å². The van der Waals surface area contributed by atoms with Crippen molar-refractivity contribution in [2.45, 2.75) is 12.5 Å². The second-order valence-electron chi connectivity index (χ2n) is 3.33. The lowest BCUT2D eigenvalue weighted by atomic mass is 10.1. The van der Waals surface area contributed by atoms with Gasteiger partial charge < -0.3 is 15.3 Å². The quantitative estimate of drug-likeness (QED) is 0.257. The topological polar surface area (TPSA) is 133 Å². The van der Waals surface area contributed by atoms with Gasteiger partial charge in [-0.3, -0.25) is 16.5 Å². The molecule has 1 aromatic rings. The van der Waals surface area contributed by atoms with Gasteiger partial charge in [0.25, 0.3) is 0 Å². The molecule has 16 heavy (non-hydrogen) atoms. The zero-order valence-electron chi connectivity index (χ0n) is 8.37. The normalized spacial score (nSPS) is 12.7. The summed E-state index contributed by atoms with van der Waals surface area (Å²) in [5.41, 5.74) is 0.503. The summed E-state index contributed by atoms with van der Waals surface area (Å²) < 4.78 is 0. The molecule has 0 spiro atoms. The number of aromatic hydroxyl groups is 2. The molecule has 0 fully saturated rings. The summed E-state index contributed by atoms with van der Waals surface area (Å²) >= 11 is 0. The molecule has 0 amide bonds. The van der Waals surface area contributed by atoms with Crippen molar-refractivity contribution >= 4 is 5.97 Å². The molecular formula is C9H13N3O4. The number of hydrogen-bond donors (Lipinski definition) is 5. The van der Waals surface area contributed by atoms with Crippen LogP contribution in [0.3, 0.4) is 0 Å². The molecule has 88 valence electrons. The lowest BCUT2D eigenvalue weighted by Crippen LogP contribution is -2.51. The number of carboxylic acids is 1. The van der Waals surface area contributed by atoms with Crippen LogP contribution in [0.5, 0.6) is 11.5 Å². The highest BCUT2D eigenvalue weighted by molar-refractivity contribution is 5.73. The summed E-state index contributed by atoms with van der Waals surface area (Å²) in [7, 11) is 0. The zero-order chi connectivity index (χ0) is 12.3. The fourth-order valence-corrected chi connectivity index (χ4v) is 1.24. The van der Waals surface area contributed by atoms with Crippen molar-refractivity contribution in [3.05, 3.63) is 23.8 Å². The minimum Gasteiger partial charge on any atom is -0.504 e. The summed E-state index contributed by atoms with van der Waals surface area (Å²) in [6, 6.07) is 2.91. The van der Waals surface area contributed by atoms with Crippen molar-refractivity contribution < 1.29 is 20.1 Å². The minimum absolute atomic E-state index is 0.0240. The first kappa shape index (κ1) is 12.2. The molecule has 0 saturated heterocycles. The smallest absolute Gasteiger partial charge is 0.324 e. The van der Waals surface area contributed by atoms with E-state index in [1.165, 1.54) is 18.2 Å². The number of hydrogen-bond acceptors (Lipinski definition) is 6. The maximum atomic E-state index is 10.8. The van der Waals surface area contributed by atoms with Gasteiger partial charge in [0.2, 0.25) is 0 Å². The fraction of sp³-hybridized carbons (Fsp3) is 0.222. The first-order valence-corrected chi connectivity index (χ1v) is 4.44. The second kappa shape index (κ2) is 4.79. The van der Waals surface area contributed by atoms with Crippen LogP contribution in [0.4, 0.5) is 0 Å². The van der Waals surface area contributed by atoms with Crippen LogP contribution >= 0.6 is 0 Å². The van der Waals surface area contributed by atoms with Crippen molar-refractivity contribution in [2.24, 2.45) is 11.7 Å². The Morgan fingerprint density at radius 2 is 1.94 bits per heavy atom. The van der Waals surface area contributed by atoms with Crippen molar-refractivity contribution in [1.82, 2.24) is 5.12 Å². The van der Waals surface area contributed by atoms with Gasteiger partial charge in [0.1, 0.15) is 6.04 Å². The van der Waals surface area contributed by atoms with Gasteiger partial charge in [-0.15, -0.1) is 0 Å². The number of phenols is 2. The Hall–Kier alpha value is -1.83. The number of aliphatic carboxylic acids is 1.